The Morgan fingerprint density at radius 3 is 2.77 bits per heavy atom. The Labute approximate surface area is 154 Å². The number of methoxy groups -OCH3 is 1. The maximum absolute atomic E-state index is 12.3. The predicted octanol–water partition coefficient (Wildman–Crippen LogP) is 4.18. The van der Waals surface area contributed by atoms with Gasteiger partial charge in [0.1, 0.15) is 16.3 Å². The molecule has 0 unspecified atom stereocenters. The van der Waals surface area contributed by atoms with Crippen LogP contribution in [0, 0.1) is 6.92 Å². The Kier molecular flexibility index (Phi) is 5.22. The summed E-state index contributed by atoms with van der Waals surface area (Å²) in [6.45, 7) is 4.14. The normalized spacial score (nSPS) is 10.7. The number of thiazole rings is 1. The highest BCUT2D eigenvalue weighted by Crippen LogP contribution is 2.40. The summed E-state index contributed by atoms with van der Waals surface area (Å²) in [4.78, 5) is 28.9. The average molecular weight is 373 g/mol. The van der Waals surface area contributed by atoms with Crippen LogP contribution in [0.3, 0.4) is 0 Å². The van der Waals surface area contributed by atoms with E-state index in [1.165, 1.54) is 18.4 Å². The number of aryl methyl sites for hydroxylation is 1. The Bertz CT molecular complexity index is 928. The topological polar surface area (TPSA) is 93.5 Å². The SMILES string of the molecule is CCCNC(=O)Nc1oc(C)c(C(=O)OC)c1-c1nc2ccccc2s1. The number of nitrogens with zero attached hydrogens (tertiary/aromatic N) is 1. The number of carbonyl (C=O) groups excluding carboxylic acids is 2. The molecule has 26 heavy (non-hydrogen) atoms. The van der Waals surface area contributed by atoms with Crippen LogP contribution in [0.15, 0.2) is 28.7 Å². The number of urea groups is 1. The summed E-state index contributed by atoms with van der Waals surface area (Å²) >= 11 is 1.41. The molecule has 0 fully saturated rings. The average Bonchev–Trinajstić information content (AvgIpc) is 3.19. The maximum atomic E-state index is 12.3. The minimum absolute atomic E-state index is 0.176. The number of anilines is 1. The van der Waals surface area contributed by atoms with E-state index in [1.54, 1.807) is 6.92 Å². The van der Waals surface area contributed by atoms with E-state index in [2.05, 4.69) is 15.6 Å². The van der Waals surface area contributed by atoms with E-state index >= 15 is 0 Å². The maximum Gasteiger partial charge on any atom is 0.342 e. The number of esters is 1. The van der Waals surface area contributed by atoms with Crippen molar-refractivity contribution < 1.29 is 18.7 Å². The molecule has 2 amide bonds. The van der Waals surface area contributed by atoms with E-state index in [0.717, 1.165) is 16.6 Å². The fourth-order valence-corrected chi connectivity index (χ4v) is 3.56. The van der Waals surface area contributed by atoms with E-state index in [1.807, 2.05) is 31.2 Å². The van der Waals surface area contributed by atoms with Crippen molar-refractivity contribution in [3.63, 3.8) is 0 Å². The highest BCUT2D eigenvalue weighted by Gasteiger charge is 2.28. The van der Waals surface area contributed by atoms with Crippen molar-refractivity contribution in [3.8, 4) is 10.6 Å². The molecule has 2 N–H and O–H groups in total. The third kappa shape index (κ3) is 3.41. The fourth-order valence-electron chi connectivity index (χ4n) is 2.55. The Balaban J connectivity index is 2.10. The Morgan fingerprint density at radius 2 is 2.08 bits per heavy atom. The first-order chi connectivity index (χ1) is 12.5. The molecule has 1 aromatic carbocycles. The second-order valence-electron chi connectivity index (χ2n) is 5.60. The van der Waals surface area contributed by atoms with Gasteiger partial charge in [0.05, 0.1) is 22.9 Å². The number of hydrogen-bond acceptors (Lipinski definition) is 6. The van der Waals surface area contributed by atoms with Crippen LogP contribution in [0.1, 0.15) is 29.5 Å². The molecule has 0 aliphatic carbocycles. The number of hydrogen-bond donors (Lipinski definition) is 2. The van der Waals surface area contributed by atoms with Gasteiger partial charge in [-0.1, -0.05) is 19.1 Å². The summed E-state index contributed by atoms with van der Waals surface area (Å²) in [5.74, 6) is -0.00465. The molecule has 7 nitrogen and oxygen atoms in total. The zero-order chi connectivity index (χ0) is 18.7. The molecule has 0 saturated carbocycles. The highest BCUT2D eigenvalue weighted by molar-refractivity contribution is 7.21. The van der Waals surface area contributed by atoms with Crippen molar-refractivity contribution in [1.29, 1.82) is 0 Å². The number of aromatic nitrogens is 1. The summed E-state index contributed by atoms with van der Waals surface area (Å²) in [6.07, 6.45) is 0.808. The lowest BCUT2D eigenvalue weighted by atomic mass is 10.1. The molecule has 3 aromatic rings. The van der Waals surface area contributed by atoms with Crippen molar-refractivity contribution in [3.05, 3.63) is 35.6 Å². The molecule has 2 aromatic heterocycles. The van der Waals surface area contributed by atoms with Gasteiger partial charge in [0.15, 0.2) is 0 Å². The lowest BCUT2D eigenvalue weighted by Crippen LogP contribution is -2.29. The number of para-hydroxylation sites is 1. The smallest absolute Gasteiger partial charge is 0.342 e. The minimum atomic E-state index is -0.539. The monoisotopic (exact) mass is 373 g/mol. The van der Waals surface area contributed by atoms with Crippen LogP contribution in [0.4, 0.5) is 10.7 Å². The molecule has 8 heteroatoms. The van der Waals surface area contributed by atoms with Crippen LogP contribution in [0.2, 0.25) is 0 Å². The number of rotatable bonds is 5. The first-order valence-corrected chi connectivity index (χ1v) is 8.99. The first kappa shape index (κ1) is 17.9. The highest BCUT2D eigenvalue weighted by atomic mass is 32.1. The van der Waals surface area contributed by atoms with Crippen molar-refractivity contribution in [1.82, 2.24) is 10.3 Å². The Hall–Kier alpha value is -2.87. The summed E-state index contributed by atoms with van der Waals surface area (Å²) in [5.41, 5.74) is 1.50. The number of ether oxygens (including phenoxy) is 1. The van der Waals surface area contributed by atoms with Crippen LogP contribution < -0.4 is 10.6 Å². The fraction of sp³-hybridized carbons (Fsp3) is 0.278. The number of fused-ring (bicyclic) bond motifs is 1. The van der Waals surface area contributed by atoms with Gasteiger partial charge in [-0.2, -0.15) is 0 Å². The molecule has 0 atom stereocenters. The molecule has 3 rings (SSSR count). The molecule has 136 valence electrons. The molecule has 0 aliphatic heterocycles. The molecular formula is C18H19N3O4S. The van der Waals surface area contributed by atoms with E-state index in [4.69, 9.17) is 9.15 Å². The number of nitrogens with one attached hydrogen (secondary N) is 2. The van der Waals surface area contributed by atoms with Crippen molar-refractivity contribution in [2.75, 3.05) is 19.0 Å². The van der Waals surface area contributed by atoms with Crippen LogP contribution in [-0.4, -0.2) is 30.6 Å². The van der Waals surface area contributed by atoms with Gasteiger partial charge >= 0.3 is 12.0 Å². The van der Waals surface area contributed by atoms with Crippen molar-refractivity contribution in [2.45, 2.75) is 20.3 Å². The van der Waals surface area contributed by atoms with Crippen LogP contribution in [-0.2, 0) is 4.74 Å². The zero-order valence-electron chi connectivity index (χ0n) is 14.7. The molecular weight excluding hydrogens is 354 g/mol. The molecule has 0 aliphatic rings. The van der Waals surface area contributed by atoms with Gasteiger partial charge in [-0.25, -0.2) is 14.6 Å². The van der Waals surface area contributed by atoms with E-state index < -0.39 is 12.0 Å². The number of furan rings is 1. The Morgan fingerprint density at radius 1 is 1.31 bits per heavy atom. The first-order valence-electron chi connectivity index (χ1n) is 8.17. The quantitative estimate of drug-likeness (QED) is 0.654. The van der Waals surface area contributed by atoms with Gasteiger partial charge in [-0.15, -0.1) is 11.3 Å². The second-order valence-corrected chi connectivity index (χ2v) is 6.63. The van der Waals surface area contributed by atoms with Gasteiger partial charge in [-0.3, -0.25) is 5.32 Å². The summed E-state index contributed by atoms with van der Waals surface area (Å²) in [6, 6.07) is 7.25. The van der Waals surface area contributed by atoms with Crippen LogP contribution >= 0.6 is 11.3 Å². The van der Waals surface area contributed by atoms with Gasteiger partial charge in [-0.05, 0) is 25.5 Å². The molecule has 0 spiro atoms. The number of carbonyl (C=O) groups is 2. The molecule has 2 heterocycles. The van der Waals surface area contributed by atoms with Crippen molar-refractivity contribution in [2.24, 2.45) is 0 Å². The third-order valence-corrected chi connectivity index (χ3v) is 4.80. The van der Waals surface area contributed by atoms with Gasteiger partial charge in [0.25, 0.3) is 0 Å². The van der Waals surface area contributed by atoms with Gasteiger partial charge < -0.3 is 14.5 Å². The standard InChI is InChI=1S/C18H19N3O4S/c1-4-9-19-18(23)21-15-14(13(10(2)25-15)17(22)24-3)16-20-11-7-5-6-8-12(11)26-16/h5-8H,4,9H2,1-3H3,(H2,19,21,23). The van der Waals surface area contributed by atoms with Crippen LogP contribution in [0.5, 0.6) is 0 Å². The van der Waals surface area contributed by atoms with Crippen molar-refractivity contribution >= 4 is 39.4 Å². The number of amides is 2. The van der Waals surface area contributed by atoms with Gasteiger partial charge in [0.2, 0.25) is 5.88 Å². The third-order valence-electron chi connectivity index (χ3n) is 3.74. The lowest BCUT2D eigenvalue weighted by Gasteiger charge is -2.06. The lowest BCUT2D eigenvalue weighted by molar-refractivity contribution is 0.0599. The summed E-state index contributed by atoms with van der Waals surface area (Å²) in [7, 11) is 1.30. The summed E-state index contributed by atoms with van der Waals surface area (Å²) in [5, 5.41) is 5.96. The molecule has 0 saturated heterocycles. The van der Waals surface area contributed by atoms with Crippen LogP contribution in [0.25, 0.3) is 20.8 Å². The van der Waals surface area contributed by atoms with E-state index in [-0.39, 0.29) is 11.4 Å². The van der Waals surface area contributed by atoms with E-state index in [0.29, 0.717) is 22.9 Å². The predicted molar refractivity (Wildman–Crippen MR) is 101 cm³/mol. The summed E-state index contributed by atoms with van der Waals surface area (Å²) < 4.78 is 11.5. The van der Waals surface area contributed by atoms with Gasteiger partial charge in [0, 0.05) is 6.54 Å². The molecule has 0 radical (unpaired) electrons. The number of benzene rings is 1. The van der Waals surface area contributed by atoms with E-state index in [9.17, 15) is 9.59 Å². The largest absolute Gasteiger partial charge is 0.465 e. The second kappa shape index (κ2) is 7.57. The zero-order valence-corrected chi connectivity index (χ0v) is 15.5. The minimum Gasteiger partial charge on any atom is -0.465 e. The molecule has 0 bridgehead atoms.